The third-order valence-electron chi connectivity index (χ3n) is 14.6. The van der Waals surface area contributed by atoms with Crippen LogP contribution in [-0.4, -0.2) is 4.57 Å². The van der Waals surface area contributed by atoms with E-state index >= 15 is 0 Å². The third-order valence-corrected chi connectivity index (χ3v) is 14.6. The van der Waals surface area contributed by atoms with E-state index in [-0.39, 0.29) is 5.41 Å². The monoisotopic (exact) mass is 880 g/mol. The molecule has 0 saturated carbocycles. The van der Waals surface area contributed by atoms with Gasteiger partial charge in [0.2, 0.25) is 0 Å². The minimum absolute atomic E-state index is 0.119. The van der Waals surface area contributed by atoms with Crippen LogP contribution in [0.1, 0.15) is 25.0 Å². The van der Waals surface area contributed by atoms with Crippen molar-refractivity contribution in [3.8, 4) is 61.3 Å². The standard InChI is InChI=1S/C67H48N2/c1-67(2)63-24-10-8-21-59(63)60-40-39-56(44-64(60)67)68(53-37-32-50(33-38-53)58-23-13-17-49-16-6-7-20-57(49)58)55-19-12-18-51(42-55)47-26-28-48(29-27-47)52-34-41-66-62(43-52)61-22-9-11-25-65(61)69(66)54-35-30-46(31-36-54)45-14-4-3-5-15-45/h3-44H,1-2H3. The van der Waals surface area contributed by atoms with E-state index in [1.54, 1.807) is 0 Å². The van der Waals surface area contributed by atoms with Gasteiger partial charge in [0.25, 0.3) is 0 Å². The van der Waals surface area contributed by atoms with Gasteiger partial charge in [-0.1, -0.05) is 202 Å². The van der Waals surface area contributed by atoms with Crippen molar-refractivity contribution in [3.63, 3.8) is 0 Å². The van der Waals surface area contributed by atoms with Gasteiger partial charge in [0.05, 0.1) is 11.0 Å². The van der Waals surface area contributed by atoms with Crippen molar-refractivity contribution < 1.29 is 0 Å². The number of fused-ring (bicyclic) bond motifs is 7. The van der Waals surface area contributed by atoms with Crippen molar-refractivity contribution in [1.29, 1.82) is 0 Å². The van der Waals surface area contributed by atoms with Crippen molar-refractivity contribution in [2.45, 2.75) is 19.3 Å². The van der Waals surface area contributed by atoms with Crippen molar-refractivity contribution in [2.75, 3.05) is 4.90 Å². The van der Waals surface area contributed by atoms with Crippen LogP contribution >= 0.6 is 0 Å². The Morgan fingerprint density at radius 3 is 1.64 bits per heavy atom. The molecule has 0 fully saturated rings. The normalized spacial score (nSPS) is 12.6. The molecule has 0 unspecified atom stereocenters. The van der Waals surface area contributed by atoms with E-state index in [1.807, 2.05) is 0 Å². The summed E-state index contributed by atoms with van der Waals surface area (Å²) in [6.07, 6.45) is 0. The largest absolute Gasteiger partial charge is 0.310 e. The Morgan fingerprint density at radius 1 is 0.304 bits per heavy atom. The number of aromatic nitrogens is 1. The van der Waals surface area contributed by atoms with Gasteiger partial charge in [0.15, 0.2) is 0 Å². The highest BCUT2D eigenvalue weighted by Gasteiger charge is 2.35. The quantitative estimate of drug-likeness (QED) is 0.148. The van der Waals surface area contributed by atoms with Crippen LogP contribution in [0.4, 0.5) is 17.1 Å². The van der Waals surface area contributed by atoms with E-state index in [9.17, 15) is 0 Å². The van der Waals surface area contributed by atoms with Gasteiger partial charge in [0, 0.05) is 38.9 Å². The van der Waals surface area contributed by atoms with Crippen molar-refractivity contribution in [3.05, 3.63) is 266 Å². The van der Waals surface area contributed by atoms with E-state index in [2.05, 4.69) is 278 Å². The zero-order valence-corrected chi connectivity index (χ0v) is 38.6. The van der Waals surface area contributed by atoms with E-state index in [0.717, 1.165) is 22.7 Å². The molecule has 1 aliphatic carbocycles. The van der Waals surface area contributed by atoms with Crippen LogP contribution in [0, 0.1) is 0 Å². The second-order valence-corrected chi connectivity index (χ2v) is 18.9. The fourth-order valence-electron chi connectivity index (χ4n) is 11.1. The molecule has 326 valence electrons. The van der Waals surface area contributed by atoms with Gasteiger partial charge < -0.3 is 9.47 Å². The molecule has 0 aliphatic heterocycles. The minimum Gasteiger partial charge on any atom is -0.310 e. The van der Waals surface area contributed by atoms with E-state index in [4.69, 9.17) is 0 Å². The molecule has 0 atom stereocenters. The molecule has 1 aromatic heterocycles. The molecule has 0 bridgehead atoms. The van der Waals surface area contributed by atoms with Crippen LogP contribution in [0.5, 0.6) is 0 Å². The second kappa shape index (κ2) is 16.3. The number of benzene rings is 11. The maximum atomic E-state index is 2.42. The molecular formula is C67H48N2. The molecule has 1 heterocycles. The number of anilines is 3. The molecule has 0 N–H and O–H groups in total. The van der Waals surface area contributed by atoms with Crippen molar-refractivity contribution in [1.82, 2.24) is 4.57 Å². The molecule has 0 saturated heterocycles. The molecule has 12 aromatic rings. The van der Waals surface area contributed by atoms with Gasteiger partial charge in [-0.05, 0) is 144 Å². The van der Waals surface area contributed by atoms with E-state index in [0.29, 0.717) is 0 Å². The van der Waals surface area contributed by atoms with Crippen LogP contribution in [-0.2, 0) is 5.41 Å². The Hall–Kier alpha value is -8.72. The summed E-state index contributed by atoms with van der Waals surface area (Å²) < 4.78 is 2.39. The first kappa shape index (κ1) is 40.5. The summed E-state index contributed by atoms with van der Waals surface area (Å²) >= 11 is 0. The highest BCUT2D eigenvalue weighted by Crippen LogP contribution is 2.51. The van der Waals surface area contributed by atoms with Gasteiger partial charge in [-0.15, -0.1) is 0 Å². The summed E-state index contributed by atoms with van der Waals surface area (Å²) in [5.41, 5.74) is 21.8. The number of para-hydroxylation sites is 1. The Kier molecular flexibility index (Phi) is 9.55. The summed E-state index contributed by atoms with van der Waals surface area (Å²) in [4.78, 5) is 2.42. The predicted molar refractivity (Wildman–Crippen MR) is 292 cm³/mol. The lowest BCUT2D eigenvalue weighted by molar-refractivity contribution is 0.660. The van der Waals surface area contributed by atoms with E-state index < -0.39 is 0 Å². The first-order valence-electron chi connectivity index (χ1n) is 24.0. The number of hydrogen-bond donors (Lipinski definition) is 0. The van der Waals surface area contributed by atoms with E-state index in [1.165, 1.54) is 99.3 Å². The third kappa shape index (κ3) is 6.87. The van der Waals surface area contributed by atoms with Crippen LogP contribution in [0.3, 0.4) is 0 Å². The lowest BCUT2D eigenvalue weighted by Crippen LogP contribution is -2.16. The maximum absolute atomic E-state index is 2.42. The summed E-state index contributed by atoms with van der Waals surface area (Å²) in [6.45, 7) is 4.72. The molecule has 13 rings (SSSR count). The Labute approximate surface area is 403 Å². The fraction of sp³-hybridized carbons (Fsp3) is 0.0448. The molecule has 11 aromatic carbocycles. The summed E-state index contributed by atoms with van der Waals surface area (Å²) in [5.74, 6) is 0. The van der Waals surface area contributed by atoms with Crippen LogP contribution < -0.4 is 4.90 Å². The topological polar surface area (TPSA) is 8.17 Å². The zero-order chi connectivity index (χ0) is 46.1. The van der Waals surface area contributed by atoms with Gasteiger partial charge in [-0.25, -0.2) is 0 Å². The smallest absolute Gasteiger partial charge is 0.0541 e. The molecule has 0 radical (unpaired) electrons. The first-order chi connectivity index (χ1) is 34.0. The van der Waals surface area contributed by atoms with Gasteiger partial charge >= 0.3 is 0 Å². The van der Waals surface area contributed by atoms with Gasteiger partial charge in [0.1, 0.15) is 0 Å². The first-order valence-corrected chi connectivity index (χ1v) is 24.0. The summed E-state index contributed by atoms with van der Waals surface area (Å²) in [7, 11) is 0. The molecule has 2 heteroatoms. The average Bonchev–Trinajstić information content (AvgIpc) is 3.86. The highest BCUT2D eigenvalue weighted by molar-refractivity contribution is 6.10. The minimum atomic E-state index is -0.119. The highest BCUT2D eigenvalue weighted by atomic mass is 15.1. The lowest BCUT2D eigenvalue weighted by Gasteiger charge is -2.28. The molecule has 0 amide bonds. The SMILES string of the molecule is CC1(C)c2ccccc2-c2ccc(N(c3ccc(-c4cccc5ccccc45)cc3)c3cccc(-c4ccc(-c5ccc6c(c5)c5ccccc5n6-c5ccc(-c6ccccc6)cc5)cc4)c3)cc21. The van der Waals surface area contributed by atoms with Crippen molar-refractivity contribution in [2.24, 2.45) is 0 Å². The average molecular weight is 881 g/mol. The van der Waals surface area contributed by atoms with Crippen LogP contribution in [0.25, 0.3) is 93.9 Å². The number of rotatable bonds is 8. The van der Waals surface area contributed by atoms with Gasteiger partial charge in [-0.2, -0.15) is 0 Å². The predicted octanol–water partition coefficient (Wildman–Crippen LogP) is 18.4. The summed E-state index contributed by atoms with van der Waals surface area (Å²) in [5, 5.41) is 5.01. The molecular weight excluding hydrogens is 833 g/mol. The lowest BCUT2D eigenvalue weighted by atomic mass is 9.82. The Bertz CT molecular complexity index is 3890. The van der Waals surface area contributed by atoms with Crippen LogP contribution in [0.2, 0.25) is 0 Å². The van der Waals surface area contributed by atoms with Gasteiger partial charge in [-0.3, -0.25) is 0 Å². The number of hydrogen-bond acceptors (Lipinski definition) is 1. The number of nitrogens with zero attached hydrogens (tertiary/aromatic N) is 2. The Morgan fingerprint density at radius 2 is 0.826 bits per heavy atom. The molecule has 1 aliphatic rings. The van der Waals surface area contributed by atoms with Crippen molar-refractivity contribution >= 4 is 49.6 Å². The molecule has 69 heavy (non-hydrogen) atoms. The fourth-order valence-corrected chi connectivity index (χ4v) is 11.1. The van der Waals surface area contributed by atoms with Crippen LogP contribution in [0.15, 0.2) is 255 Å². The molecule has 2 nitrogen and oxygen atoms in total. The molecule has 0 spiro atoms. The summed E-state index contributed by atoms with van der Waals surface area (Å²) in [6, 6.07) is 93.6. The maximum Gasteiger partial charge on any atom is 0.0541 e. The zero-order valence-electron chi connectivity index (χ0n) is 38.6. The Balaban J connectivity index is 0.855. The second-order valence-electron chi connectivity index (χ2n) is 18.9.